The fourth-order valence-corrected chi connectivity index (χ4v) is 2.32. The molecule has 0 saturated heterocycles. The van der Waals surface area contributed by atoms with Crippen LogP contribution in [0.4, 0.5) is 4.39 Å². The van der Waals surface area contributed by atoms with E-state index in [0.29, 0.717) is 12.6 Å². The molecular formula is C12H15BrFN. The molecule has 0 radical (unpaired) electrons. The van der Waals surface area contributed by atoms with Crippen molar-refractivity contribution in [1.82, 2.24) is 5.32 Å². The zero-order valence-electron chi connectivity index (χ0n) is 8.76. The van der Waals surface area contributed by atoms with E-state index in [4.69, 9.17) is 0 Å². The van der Waals surface area contributed by atoms with Gasteiger partial charge in [-0.05, 0) is 30.9 Å². The molecule has 2 rings (SSSR count). The van der Waals surface area contributed by atoms with Crippen LogP contribution in [-0.2, 0) is 6.54 Å². The molecule has 0 aliphatic heterocycles. The Morgan fingerprint density at radius 3 is 2.80 bits per heavy atom. The van der Waals surface area contributed by atoms with E-state index in [0.717, 1.165) is 16.0 Å². The van der Waals surface area contributed by atoms with Crippen LogP contribution < -0.4 is 5.32 Å². The minimum Gasteiger partial charge on any atom is -0.310 e. The summed E-state index contributed by atoms with van der Waals surface area (Å²) in [7, 11) is 0. The quantitative estimate of drug-likeness (QED) is 0.888. The number of halogens is 2. The molecule has 1 nitrogen and oxygen atoms in total. The molecule has 1 aromatic carbocycles. The summed E-state index contributed by atoms with van der Waals surface area (Å²) in [6.45, 7) is 2.88. The summed E-state index contributed by atoms with van der Waals surface area (Å²) in [5.74, 6) is 0.696. The SMILES string of the molecule is CC1CC(NCc2ccc(Br)cc2F)C1. The molecule has 0 spiro atoms. The van der Waals surface area contributed by atoms with E-state index in [2.05, 4.69) is 28.2 Å². The molecule has 0 bridgehead atoms. The molecule has 0 heterocycles. The van der Waals surface area contributed by atoms with Gasteiger partial charge in [0.2, 0.25) is 0 Å². The standard InChI is InChI=1S/C12H15BrFN/c1-8-4-11(5-8)15-7-9-2-3-10(13)6-12(9)14/h2-3,6,8,11,15H,4-5,7H2,1H3. The van der Waals surface area contributed by atoms with Crippen molar-refractivity contribution in [3.8, 4) is 0 Å². The Kier molecular flexibility index (Phi) is 3.42. The lowest BCUT2D eigenvalue weighted by atomic mass is 9.82. The van der Waals surface area contributed by atoms with Gasteiger partial charge in [-0.15, -0.1) is 0 Å². The Balaban J connectivity index is 1.88. The molecule has 1 N–H and O–H groups in total. The Morgan fingerprint density at radius 1 is 1.47 bits per heavy atom. The van der Waals surface area contributed by atoms with Crippen molar-refractivity contribution in [2.45, 2.75) is 32.4 Å². The maximum Gasteiger partial charge on any atom is 0.128 e. The van der Waals surface area contributed by atoms with Gasteiger partial charge in [0.05, 0.1) is 0 Å². The average Bonchev–Trinajstić information content (AvgIpc) is 2.13. The highest BCUT2D eigenvalue weighted by atomic mass is 79.9. The number of rotatable bonds is 3. The highest BCUT2D eigenvalue weighted by Gasteiger charge is 2.24. The van der Waals surface area contributed by atoms with Crippen LogP contribution in [0.5, 0.6) is 0 Å². The normalized spacial score (nSPS) is 25.0. The van der Waals surface area contributed by atoms with E-state index in [1.165, 1.54) is 18.9 Å². The third kappa shape index (κ3) is 2.79. The Hall–Kier alpha value is -0.410. The first-order chi connectivity index (χ1) is 7.15. The van der Waals surface area contributed by atoms with E-state index in [9.17, 15) is 4.39 Å². The Morgan fingerprint density at radius 2 is 2.20 bits per heavy atom. The van der Waals surface area contributed by atoms with Gasteiger partial charge in [0, 0.05) is 22.6 Å². The monoisotopic (exact) mass is 271 g/mol. The summed E-state index contributed by atoms with van der Waals surface area (Å²) in [6.07, 6.45) is 2.44. The lowest BCUT2D eigenvalue weighted by molar-refractivity contribution is 0.239. The second-order valence-electron chi connectivity index (χ2n) is 4.39. The highest BCUT2D eigenvalue weighted by molar-refractivity contribution is 9.10. The van der Waals surface area contributed by atoms with Gasteiger partial charge in [-0.1, -0.05) is 28.9 Å². The minimum atomic E-state index is -0.135. The van der Waals surface area contributed by atoms with Crippen molar-refractivity contribution in [3.63, 3.8) is 0 Å². The van der Waals surface area contributed by atoms with Gasteiger partial charge in [-0.3, -0.25) is 0 Å². The molecule has 0 unspecified atom stereocenters. The average molecular weight is 272 g/mol. The van der Waals surface area contributed by atoms with Crippen molar-refractivity contribution < 1.29 is 4.39 Å². The number of hydrogen-bond acceptors (Lipinski definition) is 1. The van der Waals surface area contributed by atoms with Crippen LogP contribution in [0, 0.1) is 11.7 Å². The zero-order chi connectivity index (χ0) is 10.8. The van der Waals surface area contributed by atoms with Crippen LogP contribution in [0.3, 0.4) is 0 Å². The van der Waals surface area contributed by atoms with Crippen LogP contribution in [-0.4, -0.2) is 6.04 Å². The van der Waals surface area contributed by atoms with Gasteiger partial charge >= 0.3 is 0 Å². The molecule has 15 heavy (non-hydrogen) atoms. The Labute approximate surface area is 98.2 Å². The van der Waals surface area contributed by atoms with Crippen molar-refractivity contribution in [2.24, 2.45) is 5.92 Å². The molecule has 1 aliphatic rings. The van der Waals surface area contributed by atoms with Gasteiger partial charge in [0.25, 0.3) is 0 Å². The first kappa shape index (κ1) is 11.1. The van der Waals surface area contributed by atoms with Crippen LogP contribution in [0.1, 0.15) is 25.3 Å². The van der Waals surface area contributed by atoms with Crippen LogP contribution >= 0.6 is 15.9 Å². The number of nitrogens with one attached hydrogen (secondary N) is 1. The summed E-state index contributed by atoms with van der Waals surface area (Å²) in [6, 6.07) is 5.81. The lowest BCUT2D eigenvalue weighted by Gasteiger charge is -2.33. The summed E-state index contributed by atoms with van der Waals surface area (Å²) < 4.78 is 14.2. The zero-order valence-corrected chi connectivity index (χ0v) is 10.3. The number of benzene rings is 1. The molecule has 0 amide bonds. The number of hydrogen-bond donors (Lipinski definition) is 1. The van der Waals surface area contributed by atoms with Crippen molar-refractivity contribution in [2.75, 3.05) is 0 Å². The summed E-state index contributed by atoms with van der Waals surface area (Å²) in [5, 5.41) is 3.37. The van der Waals surface area contributed by atoms with Gasteiger partial charge < -0.3 is 5.32 Å². The topological polar surface area (TPSA) is 12.0 Å². The largest absolute Gasteiger partial charge is 0.310 e. The fraction of sp³-hybridized carbons (Fsp3) is 0.500. The molecule has 1 saturated carbocycles. The van der Waals surface area contributed by atoms with Gasteiger partial charge in [-0.25, -0.2) is 4.39 Å². The van der Waals surface area contributed by atoms with E-state index in [-0.39, 0.29) is 5.82 Å². The molecular weight excluding hydrogens is 257 g/mol. The van der Waals surface area contributed by atoms with Crippen molar-refractivity contribution in [3.05, 3.63) is 34.1 Å². The highest BCUT2D eigenvalue weighted by Crippen LogP contribution is 2.26. The molecule has 1 aliphatic carbocycles. The van der Waals surface area contributed by atoms with Gasteiger partial charge in [0.15, 0.2) is 0 Å². The first-order valence-electron chi connectivity index (χ1n) is 5.32. The predicted molar refractivity (Wildman–Crippen MR) is 63.1 cm³/mol. The summed E-state index contributed by atoms with van der Waals surface area (Å²) in [4.78, 5) is 0. The van der Waals surface area contributed by atoms with E-state index < -0.39 is 0 Å². The second-order valence-corrected chi connectivity index (χ2v) is 5.31. The van der Waals surface area contributed by atoms with E-state index in [1.54, 1.807) is 0 Å². The van der Waals surface area contributed by atoms with Crippen molar-refractivity contribution in [1.29, 1.82) is 0 Å². The smallest absolute Gasteiger partial charge is 0.128 e. The van der Waals surface area contributed by atoms with Gasteiger partial charge in [0.1, 0.15) is 5.82 Å². The molecule has 1 aromatic rings. The maximum atomic E-state index is 13.4. The molecule has 0 atom stereocenters. The van der Waals surface area contributed by atoms with E-state index >= 15 is 0 Å². The first-order valence-corrected chi connectivity index (χ1v) is 6.12. The fourth-order valence-electron chi connectivity index (χ4n) is 1.99. The third-order valence-corrected chi connectivity index (χ3v) is 3.46. The third-order valence-electron chi connectivity index (χ3n) is 2.97. The molecule has 3 heteroatoms. The Bertz CT molecular complexity index is 347. The second kappa shape index (κ2) is 4.62. The van der Waals surface area contributed by atoms with Crippen LogP contribution in [0.2, 0.25) is 0 Å². The molecule has 0 aromatic heterocycles. The van der Waals surface area contributed by atoms with Crippen LogP contribution in [0.15, 0.2) is 22.7 Å². The minimum absolute atomic E-state index is 0.135. The summed E-state index contributed by atoms with van der Waals surface area (Å²) in [5.41, 5.74) is 0.748. The maximum absolute atomic E-state index is 13.4. The predicted octanol–water partition coefficient (Wildman–Crippen LogP) is 3.48. The molecule has 82 valence electrons. The van der Waals surface area contributed by atoms with Gasteiger partial charge in [-0.2, -0.15) is 0 Å². The van der Waals surface area contributed by atoms with Crippen LogP contribution in [0.25, 0.3) is 0 Å². The summed E-state index contributed by atoms with van der Waals surface area (Å²) >= 11 is 3.25. The van der Waals surface area contributed by atoms with E-state index in [1.807, 2.05) is 12.1 Å². The van der Waals surface area contributed by atoms with Crippen molar-refractivity contribution >= 4 is 15.9 Å². The lowest BCUT2D eigenvalue weighted by Crippen LogP contribution is -2.39. The molecule has 1 fully saturated rings.